The van der Waals surface area contributed by atoms with Gasteiger partial charge in [0.05, 0.1) is 19.1 Å². The third-order valence-electron chi connectivity index (χ3n) is 4.00. The van der Waals surface area contributed by atoms with E-state index in [4.69, 9.17) is 14.6 Å². The molecule has 10 heteroatoms. The van der Waals surface area contributed by atoms with Crippen LogP contribution in [0.2, 0.25) is 0 Å². The molecule has 0 fully saturated rings. The largest absolute Gasteiger partial charge is 1.00 e. The minimum atomic E-state index is -1.28. The molecule has 1 aliphatic rings. The first-order chi connectivity index (χ1) is 13.7. The minimum Gasteiger partial charge on any atom is -1.00 e. The van der Waals surface area contributed by atoms with Crippen LogP contribution in [0.15, 0.2) is 54.0 Å². The van der Waals surface area contributed by atoms with E-state index in [1.165, 1.54) is 43.5 Å². The van der Waals surface area contributed by atoms with E-state index < -0.39 is 42.6 Å². The average Bonchev–Trinajstić information content (AvgIpc) is 2.65. The number of phenolic OH excluding ortho intramolecular Hbond substituents is 1. The van der Waals surface area contributed by atoms with Gasteiger partial charge in [0.1, 0.15) is 24.5 Å². The number of hydrogen-bond donors (Lipinski definition) is 4. The van der Waals surface area contributed by atoms with Crippen molar-refractivity contribution in [3.05, 3.63) is 59.6 Å². The molecule has 0 saturated carbocycles. The number of aliphatic hydroxyl groups is 2. The van der Waals surface area contributed by atoms with Crippen LogP contribution in [0.25, 0.3) is 0 Å². The summed E-state index contributed by atoms with van der Waals surface area (Å²) in [6, 6.07) is 4.12. The smallest absolute Gasteiger partial charge is 1.00 e. The van der Waals surface area contributed by atoms with Gasteiger partial charge >= 0.3 is 35.5 Å². The predicted octanol–water partition coefficient (Wildman–Crippen LogP) is -1.37. The van der Waals surface area contributed by atoms with Crippen molar-refractivity contribution in [2.45, 2.75) is 12.5 Å². The predicted molar refractivity (Wildman–Crippen MR) is 101 cm³/mol. The molecule has 2 unspecified atom stereocenters. The Labute approximate surface area is 195 Å². The van der Waals surface area contributed by atoms with E-state index in [9.17, 15) is 29.7 Å². The van der Waals surface area contributed by atoms with Crippen molar-refractivity contribution < 1.29 is 75.3 Å². The van der Waals surface area contributed by atoms with Crippen LogP contribution in [0.4, 0.5) is 0 Å². The van der Waals surface area contributed by atoms with Crippen LogP contribution in [-0.4, -0.2) is 57.8 Å². The van der Waals surface area contributed by atoms with E-state index in [0.29, 0.717) is 0 Å². The Morgan fingerprint density at radius 2 is 1.93 bits per heavy atom. The number of allylic oxidation sites excluding steroid dienone is 2. The second kappa shape index (κ2) is 11.6. The van der Waals surface area contributed by atoms with Crippen LogP contribution in [0.3, 0.4) is 0 Å². The molecule has 0 bridgehead atoms. The number of methoxy groups -OCH3 is 1. The molecule has 4 N–H and O–H groups in total. The molecule has 30 heavy (non-hydrogen) atoms. The average molecular weight is 428 g/mol. The number of phenols is 1. The van der Waals surface area contributed by atoms with Gasteiger partial charge < -0.3 is 31.3 Å². The maximum absolute atomic E-state index is 12.2. The fraction of sp³-hybridized carbons (Fsp3) is 0.250. The molecule has 2 rings (SSSR count). The zero-order valence-corrected chi connectivity index (χ0v) is 18.4. The summed E-state index contributed by atoms with van der Waals surface area (Å²) in [6.07, 6.45) is 2.90. The molecule has 0 aromatic heterocycles. The second-order valence-electron chi connectivity index (χ2n) is 6.16. The molecule has 0 saturated heterocycles. The molecule has 9 nitrogen and oxygen atoms in total. The molecule has 0 spiro atoms. The number of ether oxygens (including phenoxy) is 2. The maximum atomic E-state index is 12.2. The van der Waals surface area contributed by atoms with Gasteiger partial charge in [-0.1, -0.05) is 6.08 Å². The van der Waals surface area contributed by atoms with Gasteiger partial charge in [0.15, 0.2) is 23.1 Å². The maximum Gasteiger partial charge on any atom is 1.00 e. The summed E-state index contributed by atoms with van der Waals surface area (Å²) < 4.78 is 9.99. The van der Waals surface area contributed by atoms with Crippen molar-refractivity contribution in [1.29, 1.82) is 0 Å². The van der Waals surface area contributed by atoms with Crippen molar-refractivity contribution in [2.75, 3.05) is 13.7 Å². The monoisotopic (exact) mass is 428 g/mol. The summed E-state index contributed by atoms with van der Waals surface area (Å²) in [6.45, 7) is -0.519. The SMILES string of the molecule is COc1ccc(C(=O)C=CC2C(O)=CC(OCC(=O)CC(=O)O)=CC2O)cc1O.[H-].[Na+]. The van der Waals surface area contributed by atoms with Crippen molar-refractivity contribution >= 4 is 17.5 Å². The number of rotatable bonds is 9. The van der Waals surface area contributed by atoms with Crippen LogP contribution in [0, 0.1) is 5.92 Å². The van der Waals surface area contributed by atoms with E-state index in [1.54, 1.807) is 0 Å². The first-order valence-electron chi connectivity index (χ1n) is 8.47. The summed E-state index contributed by atoms with van der Waals surface area (Å²) in [7, 11) is 1.38. The van der Waals surface area contributed by atoms with Gasteiger partial charge in [-0.05, 0) is 30.4 Å². The summed E-state index contributed by atoms with van der Waals surface area (Å²) in [5, 5.41) is 38.5. The second-order valence-corrected chi connectivity index (χ2v) is 6.16. The Morgan fingerprint density at radius 3 is 2.50 bits per heavy atom. The van der Waals surface area contributed by atoms with E-state index in [1.807, 2.05) is 0 Å². The third kappa shape index (κ3) is 7.03. The number of benzene rings is 1. The first-order valence-corrected chi connectivity index (χ1v) is 8.47. The molecule has 1 aromatic carbocycles. The van der Waals surface area contributed by atoms with Gasteiger partial charge in [-0.15, -0.1) is 0 Å². The van der Waals surface area contributed by atoms with Crippen LogP contribution in [0.5, 0.6) is 11.5 Å². The van der Waals surface area contributed by atoms with Gasteiger partial charge in [-0.2, -0.15) is 0 Å². The van der Waals surface area contributed by atoms with Gasteiger partial charge in [0.2, 0.25) is 0 Å². The number of aromatic hydroxyl groups is 1. The number of ketones is 2. The summed E-state index contributed by atoms with van der Waals surface area (Å²) in [4.78, 5) is 34.0. The molecule has 0 amide bonds. The number of aliphatic hydroxyl groups excluding tert-OH is 2. The molecule has 0 heterocycles. The summed E-state index contributed by atoms with van der Waals surface area (Å²) in [5.41, 5.74) is 0.185. The Kier molecular flexibility index (Phi) is 9.80. The number of carbonyl (C=O) groups is 3. The van der Waals surface area contributed by atoms with Crippen LogP contribution >= 0.6 is 0 Å². The van der Waals surface area contributed by atoms with Crippen LogP contribution in [0.1, 0.15) is 18.2 Å². The Hall–Kier alpha value is -2.59. The molecule has 2 atom stereocenters. The first kappa shape index (κ1) is 25.4. The van der Waals surface area contributed by atoms with Gasteiger partial charge in [0, 0.05) is 11.6 Å². The summed E-state index contributed by atoms with van der Waals surface area (Å²) >= 11 is 0. The Morgan fingerprint density at radius 1 is 1.23 bits per heavy atom. The number of carboxylic acids is 1. The normalized spacial score (nSPS) is 18.1. The molecule has 0 aliphatic heterocycles. The topological polar surface area (TPSA) is 151 Å². The van der Waals surface area contributed by atoms with Crippen molar-refractivity contribution in [3.63, 3.8) is 0 Å². The molecule has 156 valence electrons. The molecular formula is C20H21NaO9. The number of aliphatic carboxylic acids is 1. The molecule has 1 aliphatic carbocycles. The van der Waals surface area contributed by atoms with E-state index in [0.717, 1.165) is 6.08 Å². The Bertz CT molecular complexity index is 908. The fourth-order valence-corrected chi connectivity index (χ4v) is 2.55. The Balaban J connectivity index is 0.00000450. The quantitative estimate of drug-likeness (QED) is 0.162. The standard InChI is InChI=1S/C20H20O9.Na.H/c1-28-19-5-2-11(6-18(19)25)15(22)4-3-14-16(23)8-13(9-17(14)24)29-10-12(21)7-20(26)27;;/h2-6,8-9,14,16,23-25H,7,10H2,1H3,(H,26,27);;/q;+1;-1. The van der Waals surface area contributed by atoms with Gasteiger partial charge in [-0.25, -0.2) is 0 Å². The molecule has 1 aromatic rings. The number of carboxylic acid groups (broad SMARTS) is 1. The number of Topliss-reactive ketones (excluding diaryl/α,β-unsaturated/α-hetero) is 1. The van der Waals surface area contributed by atoms with Crippen LogP contribution < -0.4 is 34.3 Å². The zero-order chi connectivity index (χ0) is 21.6. The zero-order valence-electron chi connectivity index (χ0n) is 17.4. The minimum absolute atomic E-state index is 0. The van der Waals surface area contributed by atoms with Gasteiger partial charge in [0.25, 0.3) is 0 Å². The van der Waals surface area contributed by atoms with E-state index in [-0.39, 0.29) is 59.6 Å². The fourth-order valence-electron chi connectivity index (χ4n) is 2.55. The van der Waals surface area contributed by atoms with Gasteiger partial charge in [-0.3, -0.25) is 14.4 Å². The van der Waals surface area contributed by atoms with Crippen molar-refractivity contribution in [1.82, 2.24) is 0 Å². The number of hydrogen-bond acceptors (Lipinski definition) is 8. The van der Waals surface area contributed by atoms with E-state index in [2.05, 4.69) is 0 Å². The van der Waals surface area contributed by atoms with Crippen molar-refractivity contribution in [3.8, 4) is 11.5 Å². The van der Waals surface area contributed by atoms with E-state index >= 15 is 0 Å². The van der Waals surface area contributed by atoms with Crippen LogP contribution in [-0.2, 0) is 14.3 Å². The molecule has 0 radical (unpaired) electrons. The number of carbonyl (C=O) groups excluding carboxylic acids is 2. The third-order valence-corrected chi connectivity index (χ3v) is 4.00. The summed E-state index contributed by atoms with van der Waals surface area (Å²) in [5.74, 6) is -3.62. The van der Waals surface area contributed by atoms with Crippen molar-refractivity contribution in [2.24, 2.45) is 5.92 Å². The molecular weight excluding hydrogens is 407 g/mol.